The summed E-state index contributed by atoms with van der Waals surface area (Å²) in [5.74, 6) is 0.738. The molecule has 17 heavy (non-hydrogen) atoms. The summed E-state index contributed by atoms with van der Waals surface area (Å²) < 4.78 is 1.96. The van der Waals surface area contributed by atoms with Crippen molar-refractivity contribution in [2.24, 2.45) is 5.92 Å². The molecule has 0 aliphatic carbocycles. The molecule has 0 aliphatic heterocycles. The summed E-state index contributed by atoms with van der Waals surface area (Å²) in [4.78, 5) is 4.51. The second kappa shape index (κ2) is 5.52. The minimum absolute atomic E-state index is 0.731. The third-order valence-corrected chi connectivity index (χ3v) is 2.89. The molecule has 1 N–H and O–H groups in total. The van der Waals surface area contributed by atoms with Gasteiger partial charge in [-0.15, -0.1) is 0 Å². The van der Waals surface area contributed by atoms with Crippen LogP contribution in [0.4, 0.5) is 0 Å². The molecule has 0 unspecified atom stereocenters. The van der Waals surface area contributed by atoms with Crippen LogP contribution in [0.1, 0.15) is 26.0 Å². The summed E-state index contributed by atoms with van der Waals surface area (Å²) in [6.07, 6.45) is 5.09. The summed E-state index contributed by atoms with van der Waals surface area (Å²) in [6.45, 7) is 6.31. The Kier molecular flexibility index (Phi) is 4.02. The molecule has 0 saturated carbocycles. The van der Waals surface area contributed by atoms with Gasteiger partial charge >= 0.3 is 0 Å². The number of nitrogens with one attached hydrogen (secondary N) is 1. The first-order valence-corrected chi connectivity index (χ1v) is 6.37. The van der Waals surface area contributed by atoms with Gasteiger partial charge < -0.3 is 9.72 Å². The van der Waals surface area contributed by atoms with Crippen LogP contribution < -0.4 is 5.32 Å². The number of hydrogen-bond donors (Lipinski definition) is 1. The quantitative estimate of drug-likeness (QED) is 0.828. The van der Waals surface area contributed by atoms with Crippen molar-refractivity contribution < 1.29 is 0 Å². The van der Waals surface area contributed by atoms with Crippen molar-refractivity contribution in [3.8, 4) is 0 Å². The molecular formula is C13H18ClN3. The van der Waals surface area contributed by atoms with Crippen molar-refractivity contribution in [2.45, 2.75) is 26.8 Å². The number of aromatic nitrogens is 2. The standard InChI is InChI=1S/C13H18ClN3/c1-10(2)5-6-15-7-12-9-17-8-11(14)3-4-13(17)16-12/h3-4,8-10,15H,5-7H2,1-2H3. The largest absolute Gasteiger partial charge is 0.311 e. The molecule has 2 rings (SSSR count). The van der Waals surface area contributed by atoms with E-state index in [4.69, 9.17) is 11.6 Å². The minimum atomic E-state index is 0.731. The highest BCUT2D eigenvalue weighted by atomic mass is 35.5. The maximum atomic E-state index is 5.93. The second-order valence-corrected chi connectivity index (χ2v) is 5.14. The number of nitrogens with zero attached hydrogens (tertiary/aromatic N) is 2. The summed E-state index contributed by atoms with van der Waals surface area (Å²) in [5, 5.41) is 4.13. The Labute approximate surface area is 107 Å². The van der Waals surface area contributed by atoms with E-state index in [2.05, 4.69) is 24.1 Å². The van der Waals surface area contributed by atoms with E-state index in [1.54, 1.807) is 0 Å². The van der Waals surface area contributed by atoms with Crippen LogP contribution in [0, 0.1) is 5.92 Å². The molecule has 0 aromatic carbocycles. The normalized spacial score (nSPS) is 11.5. The maximum Gasteiger partial charge on any atom is 0.137 e. The molecule has 2 aromatic rings. The van der Waals surface area contributed by atoms with E-state index in [9.17, 15) is 0 Å². The van der Waals surface area contributed by atoms with Crippen LogP contribution >= 0.6 is 11.6 Å². The SMILES string of the molecule is CC(C)CCNCc1cn2cc(Cl)ccc2n1. The molecule has 0 fully saturated rings. The lowest BCUT2D eigenvalue weighted by Crippen LogP contribution is -2.16. The molecule has 0 bridgehead atoms. The average molecular weight is 252 g/mol. The lowest BCUT2D eigenvalue weighted by atomic mass is 10.1. The van der Waals surface area contributed by atoms with Gasteiger partial charge in [0.25, 0.3) is 0 Å². The van der Waals surface area contributed by atoms with Gasteiger partial charge in [0.05, 0.1) is 10.7 Å². The van der Waals surface area contributed by atoms with Crippen LogP contribution in [0.25, 0.3) is 5.65 Å². The highest BCUT2D eigenvalue weighted by Gasteiger charge is 2.01. The smallest absolute Gasteiger partial charge is 0.137 e. The fraction of sp³-hybridized carbons (Fsp3) is 0.462. The first-order valence-electron chi connectivity index (χ1n) is 5.99. The lowest BCUT2D eigenvalue weighted by molar-refractivity contribution is 0.535. The molecule has 0 aliphatic rings. The average Bonchev–Trinajstić information content (AvgIpc) is 2.66. The number of imidazole rings is 1. The lowest BCUT2D eigenvalue weighted by Gasteiger charge is -2.04. The van der Waals surface area contributed by atoms with Gasteiger partial charge in [0.2, 0.25) is 0 Å². The predicted octanol–water partition coefficient (Wildman–Crippen LogP) is 3.12. The van der Waals surface area contributed by atoms with Crippen molar-refractivity contribution in [3.05, 3.63) is 35.2 Å². The molecular weight excluding hydrogens is 234 g/mol. The zero-order valence-electron chi connectivity index (χ0n) is 10.3. The van der Waals surface area contributed by atoms with Crippen molar-refractivity contribution in [3.63, 3.8) is 0 Å². The van der Waals surface area contributed by atoms with Crippen LogP contribution in [-0.4, -0.2) is 15.9 Å². The highest BCUT2D eigenvalue weighted by Crippen LogP contribution is 2.11. The van der Waals surface area contributed by atoms with Gasteiger partial charge in [-0.1, -0.05) is 25.4 Å². The molecule has 4 heteroatoms. The number of fused-ring (bicyclic) bond motifs is 1. The van der Waals surface area contributed by atoms with Crippen LogP contribution in [0.15, 0.2) is 24.5 Å². The van der Waals surface area contributed by atoms with Crippen LogP contribution in [0.2, 0.25) is 5.02 Å². The van der Waals surface area contributed by atoms with Crippen molar-refractivity contribution in [1.29, 1.82) is 0 Å². The summed E-state index contributed by atoms with van der Waals surface area (Å²) >= 11 is 5.93. The number of hydrogen-bond acceptors (Lipinski definition) is 2. The Morgan fingerprint density at radius 1 is 1.35 bits per heavy atom. The first kappa shape index (κ1) is 12.4. The molecule has 0 spiro atoms. The van der Waals surface area contributed by atoms with Gasteiger partial charge in [-0.25, -0.2) is 4.98 Å². The van der Waals surface area contributed by atoms with Crippen molar-refractivity contribution in [1.82, 2.24) is 14.7 Å². The van der Waals surface area contributed by atoms with Crippen molar-refractivity contribution >= 4 is 17.2 Å². The third kappa shape index (κ3) is 3.45. The molecule has 0 amide bonds. The zero-order chi connectivity index (χ0) is 12.3. The Hall–Kier alpha value is -1.06. The zero-order valence-corrected chi connectivity index (χ0v) is 11.0. The predicted molar refractivity (Wildman–Crippen MR) is 71.4 cm³/mol. The van der Waals surface area contributed by atoms with Crippen LogP contribution in [0.5, 0.6) is 0 Å². The molecule has 92 valence electrons. The summed E-state index contributed by atoms with van der Waals surface area (Å²) in [6, 6.07) is 3.79. The molecule has 0 atom stereocenters. The van der Waals surface area contributed by atoms with Crippen molar-refractivity contribution in [2.75, 3.05) is 6.54 Å². The Bertz CT molecular complexity index is 490. The molecule has 2 aromatic heterocycles. The van der Waals surface area contributed by atoms with Gasteiger partial charge in [-0.05, 0) is 31.0 Å². The highest BCUT2D eigenvalue weighted by molar-refractivity contribution is 6.30. The Morgan fingerprint density at radius 3 is 2.94 bits per heavy atom. The van der Waals surface area contributed by atoms with Gasteiger partial charge in [-0.2, -0.15) is 0 Å². The first-order chi connectivity index (χ1) is 8.15. The monoisotopic (exact) mass is 251 g/mol. The van der Waals surface area contributed by atoms with E-state index in [0.29, 0.717) is 0 Å². The van der Waals surface area contributed by atoms with Gasteiger partial charge in [0, 0.05) is 18.9 Å². The van der Waals surface area contributed by atoms with E-state index >= 15 is 0 Å². The maximum absolute atomic E-state index is 5.93. The third-order valence-electron chi connectivity index (χ3n) is 2.67. The second-order valence-electron chi connectivity index (χ2n) is 4.70. The van der Waals surface area contributed by atoms with E-state index in [1.165, 1.54) is 6.42 Å². The van der Waals surface area contributed by atoms with E-state index in [1.807, 2.05) is 28.9 Å². The Morgan fingerprint density at radius 2 is 2.18 bits per heavy atom. The van der Waals surface area contributed by atoms with Gasteiger partial charge in [-0.3, -0.25) is 0 Å². The van der Waals surface area contributed by atoms with Gasteiger partial charge in [0.1, 0.15) is 5.65 Å². The minimum Gasteiger partial charge on any atom is -0.311 e. The van der Waals surface area contributed by atoms with Crippen LogP contribution in [0.3, 0.4) is 0 Å². The van der Waals surface area contributed by atoms with Gasteiger partial charge in [0.15, 0.2) is 0 Å². The topological polar surface area (TPSA) is 29.3 Å². The fourth-order valence-electron chi connectivity index (χ4n) is 1.71. The number of pyridine rings is 1. The fourth-order valence-corrected chi connectivity index (χ4v) is 1.88. The molecule has 3 nitrogen and oxygen atoms in total. The molecule has 0 radical (unpaired) electrons. The summed E-state index contributed by atoms with van der Waals surface area (Å²) in [5.41, 5.74) is 1.99. The number of rotatable bonds is 5. The van der Waals surface area contributed by atoms with E-state index in [-0.39, 0.29) is 0 Å². The van der Waals surface area contributed by atoms with E-state index < -0.39 is 0 Å². The molecule has 2 heterocycles. The van der Waals surface area contributed by atoms with Crippen LogP contribution in [-0.2, 0) is 6.54 Å². The summed E-state index contributed by atoms with van der Waals surface area (Å²) in [7, 11) is 0. The number of halogens is 1. The molecule has 0 saturated heterocycles. The Balaban J connectivity index is 1.95. The van der Waals surface area contributed by atoms with E-state index in [0.717, 1.165) is 35.4 Å².